The maximum Gasteiger partial charge on any atom is 0.501 e. The van der Waals surface area contributed by atoms with Gasteiger partial charge in [-0.3, -0.25) is 14.4 Å². The lowest BCUT2D eigenvalue weighted by molar-refractivity contribution is -0.910. The lowest BCUT2D eigenvalue weighted by atomic mass is 10.0. The van der Waals surface area contributed by atoms with Gasteiger partial charge in [-0.05, 0) is 44.9 Å². The van der Waals surface area contributed by atoms with E-state index in [1.807, 2.05) is 0 Å². The van der Waals surface area contributed by atoms with E-state index in [9.17, 15) is 45.0 Å². The van der Waals surface area contributed by atoms with Crippen molar-refractivity contribution in [3.8, 4) is 0 Å². The molecule has 0 aromatic rings. The molecule has 0 heterocycles. The van der Waals surface area contributed by atoms with Crippen molar-refractivity contribution in [1.82, 2.24) is 16.0 Å². The van der Waals surface area contributed by atoms with Crippen molar-refractivity contribution in [2.75, 3.05) is 86.1 Å². The highest BCUT2D eigenvalue weighted by Gasteiger charge is 2.49. The molecule has 0 aromatic heterocycles. The molecule has 109 heavy (non-hydrogen) atoms. The van der Waals surface area contributed by atoms with Crippen LogP contribution < -0.4 is 16.0 Å². The maximum absolute atomic E-state index is 14.0. The van der Waals surface area contributed by atoms with Crippen LogP contribution in [0, 0.1) is 0 Å². The van der Waals surface area contributed by atoms with Gasteiger partial charge in [0.2, 0.25) is 17.7 Å². The number of rotatable bonds is 90. The number of carbonyl (C=O) groups excluding carboxylic acids is 3. The molecule has 0 aliphatic heterocycles. The Morgan fingerprint density at radius 1 is 0.248 bits per heavy atom. The van der Waals surface area contributed by atoms with Gasteiger partial charge in [0.15, 0.2) is 0 Å². The zero-order chi connectivity index (χ0) is 80.0. The van der Waals surface area contributed by atoms with Gasteiger partial charge in [-0.25, -0.2) is 0 Å². The van der Waals surface area contributed by atoms with Gasteiger partial charge in [0.25, 0.3) is 0 Å². The SMILES string of the molecule is CCCCCCCCCCCCCCCC(=O)NC(CO)(CO)CO[Si](CCC[N+](C)(CCCCCCCCCCCCCC)CCCCCCCCCCCCCC)(OCC(CO)(CO)NC(=O)CCCCCCCCCCCCCCC)OCC(CO)(CO)NC(=O)CCCCCCCCCCCCCCC. The minimum atomic E-state index is -4.43. The summed E-state index contributed by atoms with van der Waals surface area (Å²) < 4.78 is 22.0. The zero-order valence-corrected chi connectivity index (χ0v) is 74.1. The molecule has 0 fully saturated rings. The van der Waals surface area contributed by atoms with E-state index >= 15 is 0 Å². The van der Waals surface area contributed by atoms with Crippen LogP contribution in [0.1, 0.15) is 465 Å². The number of aliphatic hydroxyl groups is 6. The van der Waals surface area contributed by atoms with Crippen LogP contribution >= 0.6 is 0 Å². The first-order valence-corrected chi connectivity index (χ1v) is 49.4. The molecule has 0 radical (unpaired) electrons. The second-order valence-electron chi connectivity index (χ2n) is 34.6. The van der Waals surface area contributed by atoms with Crippen LogP contribution in [0.5, 0.6) is 0 Å². The van der Waals surface area contributed by atoms with E-state index in [0.717, 1.165) is 101 Å². The van der Waals surface area contributed by atoms with E-state index in [1.165, 1.54) is 302 Å². The summed E-state index contributed by atoms with van der Waals surface area (Å²) in [6.45, 7) is 8.43. The van der Waals surface area contributed by atoms with E-state index in [0.29, 0.717) is 32.2 Å². The van der Waals surface area contributed by atoms with E-state index < -0.39 is 84.9 Å². The van der Waals surface area contributed by atoms with Crippen molar-refractivity contribution >= 4 is 26.5 Å². The Morgan fingerprint density at radius 3 is 0.578 bits per heavy atom. The Balaban J connectivity index is 7.25. The molecule has 0 aliphatic carbocycles. The molecule has 650 valence electrons. The van der Waals surface area contributed by atoms with Crippen LogP contribution in [-0.4, -0.2) is 164 Å². The summed E-state index contributed by atoms with van der Waals surface area (Å²) >= 11 is 0. The van der Waals surface area contributed by atoms with Gasteiger partial charge in [0, 0.05) is 31.7 Å². The number of hydrogen-bond donors (Lipinski definition) is 9. The van der Waals surface area contributed by atoms with Gasteiger partial charge in [-0.15, -0.1) is 0 Å². The molecular weight excluding hydrogens is 1380 g/mol. The fourth-order valence-corrected chi connectivity index (χ4v) is 18.3. The Morgan fingerprint density at radius 2 is 0.404 bits per heavy atom. The summed E-state index contributed by atoms with van der Waals surface area (Å²) in [7, 11) is -2.08. The fraction of sp³-hybridized carbons (Fsp3) is 0.967. The summed E-state index contributed by atoms with van der Waals surface area (Å²) in [6.07, 6.45) is 76.9. The predicted molar refractivity (Wildman–Crippen MR) is 462 cm³/mol. The lowest BCUT2D eigenvalue weighted by Crippen LogP contribution is -2.65. The number of carbonyl (C=O) groups is 3. The van der Waals surface area contributed by atoms with Crippen LogP contribution in [0.3, 0.4) is 0 Å². The number of amides is 3. The molecule has 0 spiro atoms. The standard InChI is InChI=1S/C92H186N4O12Si/c1-7-12-17-22-27-32-37-42-45-50-55-60-65-71-87(103)93-90(78-97,79-98)84-106-109(107-85-91(80-99,81-100)94-88(104)72-66-61-56-51-46-43-38-33-28-23-18-13-8-2,108-86-92(82-101,83-102)95-89(105)73-67-62-57-52-47-44-39-34-29-24-19-14-9-3)77-70-76-96(6,74-68-63-58-53-48-40-35-30-25-20-15-10-4)75-69-64-59-54-49-41-36-31-26-21-16-11-5/h97-102H,7-86H2,1-6H3,(H2-,93,94,95,103,104,105)/p+1. The average Bonchev–Trinajstić information content (AvgIpc) is 0.808. The summed E-state index contributed by atoms with van der Waals surface area (Å²) in [6, 6.07) is 0.136. The normalized spacial score (nSPS) is 12.4. The van der Waals surface area contributed by atoms with Crippen LogP contribution in [0.2, 0.25) is 6.04 Å². The molecule has 16 nitrogen and oxygen atoms in total. The molecule has 0 saturated carbocycles. The molecule has 0 saturated heterocycles. The Kier molecular flexibility index (Phi) is 76.2. The predicted octanol–water partition coefficient (Wildman–Crippen LogP) is 22.2. The van der Waals surface area contributed by atoms with Crippen molar-refractivity contribution in [2.45, 2.75) is 487 Å². The van der Waals surface area contributed by atoms with E-state index in [4.69, 9.17) is 13.3 Å². The molecule has 0 aliphatic rings. The molecule has 3 amide bonds. The summed E-state index contributed by atoms with van der Waals surface area (Å²) in [4.78, 5) is 42.0. The van der Waals surface area contributed by atoms with Crippen molar-refractivity contribution < 1.29 is 62.8 Å². The quantitative estimate of drug-likeness (QED) is 0.0157. The summed E-state index contributed by atoms with van der Waals surface area (Å²) in [5.41, 5.74) is -5.10. The Bertz CT molecular complexity index is 1760. The first kappa shape index (κ1) is 107. The third kappa shape index (κ3) is 63.1. The van der Waals surface area contributed by atoms with E-state index in [1.54, 1.807) is 0 Å². The van der Waals surface area contributed by atoms with Crippen LogP contribution in [-0.2, 0) is 27.7 Å². The molecular formula is C92H187N4O12Si+. The molecule has 17 heteroatoms. The number of nitrogens with zero attached hydrogens (tertiary/aromatic N) is 1. The minimum absolute atomic E-state index is 0.136. The summed E-state index contributed by atoms with van der Waals surface area (Å²) in [5, 5.41) is 76.7. The highest BCUT2D eigenvalue weighted by Crippen LogP contribution is 2.28. The third-order valence-corrected chi connectivity index (χ3v) is 26.3. The Labute approximate surface area is 675 Å². The van der Waals surface area contributed by atoms with Gasteiger partial charge in [-0.2, -0.15) is 0 Å². The number of hydrogen-bond acceptors (Lipinski definition) is 12. The van der Waals surface area contributed by atoms with Gasteiger partial charge in [0.1, 0.15) is 16.6 Å². The van der Waals surface area contributed by atoms with Crippen molar-refractivity contribution in [2.24, 2.45) is 0 Å². The first-order valence-electron chi connectivity index (χ1n) is 47.5. The van der Waals surface area contributed by atoms with Crippen molar-refractivity contribution in [3.63, 3.8) is 0 Å². The topological polar surface area (TPSA) is 236 Å². The van der Waals surface area contributed by atoms with Crippen LogP contribution in [0.4, 0.5) is 0 Å². The summed E-state index contributed by atoms with van der Waals surface area (Å²) in [5.74, 6) is -1.03. The second kappa shape index (κ2) is 77.5. The first-order chi connectivity index (χ1) is 53.2. The average molecular weight is 1570 g/mol. The van der Waals surface area contributed by atoms with Crippen LogP contribution in [0.25, 0.3) is 0 Å². The van der Waals surface area contributed by atoms with E-state index in [-0.39, 0.29) is 43.0 Å². The van der Waals surface area contributed by atoms with Gasteiger partial charge >= 0.3 is 8.80 Å². The number of aliphatic hydroxyl groups excluding tert-OH is 6. The number of unbranched alkanes of at least 4 members (excludes halogenated alkanes) is 58. The highest BCUT2D eigenvalue weighted by molar-refractivity contribution is 6.60. The number of quaternary nitrogens is 1. The maximum atomic E-state index is 14.0. The van der Waals surface area contributed by atoms with Gasteiger partial charge in [0.05, 0.1) is 86.1 Å². The minimum Gasteiger partial charge on any atom is -0.394 e. The second-order valence-corrected chi connectivity index (χ2v) is 37.4. The molecule has 0 bridgehead atoms. The third-order valence-electron chi connectivity index (χ3n) is 23.5. The highest BCUT2D eigenvalue weighted by atomic mass is 28.4. The molecule has 0 atom stereocenters. The molecule has 0 aromatic carbocycles. The smallest absolute Gasteiger partial charge is 0.394 e. The lowest BCUT2D eigenvalue weighted by Gasteiger charge is -2.41. The monoisotopic (exact) mass is 1570 g/mol. The molecule has 0 unspecified atom stereocenters. The van der Waals surface area contributed by atoms with Crippen molar-refractivity contribution in [1.29, 1.82) is 0 Å². The Hall–Kier alpha value is -1.77. The molecule has 0 rings (SSSR count). The van der Waals surface area contributed by atoms with Crippen molar-refractivity contribution in [3.05, 3.63) is 0 Å². The fourth-order valence-electron chi connectivity index (χ4n) is 15.5. The van der Waals surface area contributed by atoms with Gasteiger partial charge in [-0.1, -0.05) is 394 Å². The number of nitrogens with one attached hydrogen (secondary N) is 3. The largest absolute Gasteiger partial charge is 0.501 e. The van der Waals surface area contributed by atoms with E-state index in [2.05, 4.69) is 57.6 Å². The van der Waals surface area contributed by atoms with Gasteiger partial charge < -0.3 is 64.4 Å². The molecule has 9 N–H and O–H groups in total. The zero-order valence-electron chi connectivity index (χ0n) is 73.1. The van der Waals surface area contributed by atoms with Crippen LogP contribution in [0.15, 0.2) is 0 Å².